The number of hydrogen-bond donors (Lipinski definition) is 1. The Morgan fingerprint density at radius 3 is 2.53 bits per heavy atom. The quantitative estimate of drug-likeness (QED) is 0.700. The molecular formula is C14H21NO2. The van der Waals surface area contributed by atoms with Gasteiger partial charge in [0.05, 0.1) is 6.61 Å². The first-order chi connectivity index (χ1) is 8.27. The van der Waals surface area contributed by atoms with E-state index in [9.17, 15) is 4.79 Å². The van der Waals surface area contributed by atoms with E-state index in [0.717, 1.165) is 25.1 Å². The van der Waals surface area contributed by atoms with Crippen molar-refractivity contribution in [2.45, 2.75) is 19.8 Å². The Kier molecular flexibility index (Phi) is 6.51. The third kappa shape index (κ3) is 5.11. The molecule has 0 fully saturated rings. The van der Waals surface area contributed by atoms with Gasteiger partial charge in [0.15, 0.2) is 5.78 Å². The van der Waals surface area contributed by atoms with Crippen LogP contribution in [0.1, 0.15) is 30.1 Å². The van der Waals surface area contributed by atoms with Crippen LogP contribution >= 0.6 is 0 Å². The van der Waals surface area contributed by atoms with Crippen molar-refractivity contribution in [1.29, 1.82) is 0 Å². The Hall–Kier alpha value is -1.19. The Morgan fingerprint density at radius 2 is 1.94 bits per heavy atom. The summed E-state index contributed by atoms with van der Waals surface area (Å²) < 4.78 is 0. The Morgan fingerprint density at radius 1 is 1.24 bits per heavy atom. The molecular weight excluding hydrogens is 214 g/mol. The van der Waals surface area contributed by atoms with Gasteiger partial charge in [0.2, 0.25) is 0 Å². The average Bonchev–Trinajstić information content (AvgIpc) is 2.38. The molecule has 0 atom stereocenters. The lowest BCUT2D eigenvalue weighted by Crippen LogP contribution is -2.28. The second kappa shape index (κ2) is 7.98. The molecule has 1 aromatic carbocycles. The predicted molar refractivity (Wildman–Crippen MR) is 69.2 cm³/mol. The molecule has 0 aromatic heterocycles. The summed E-state index contributed by atoms with van der Waals surface area (Å²) in [5.74, 6) is 0.200. The highest BCUT2D eigenvalue weighted by atomic mass is 16.3. The predicted octanol–water partition coefficient (Wildman–Crippen LogP) is 1.96. The van der Waals surface area contributed by atoms with Gasteiger partial charge in [-0.1, -0.05) is 37.3 Å². The van der Waals surface area contributed by atoms with E-state index in [1.54, 1.807) is 0 Å². The first-order valence-corrected chi connectivity index (χ1v) is 6.19. The third-order valence-corrected chi connectivity index (χ3v) is 2.84. The number of carbonyl (C=O) groups is 1. The molecule has 3 nitrogen and oxygen atoms in total. The summed E-state index contributed by atoms with van der Waals surface area (Å²) in [6, 6.07) is 9.40. The largest absolute Gasteiger partial charge is 0.395 e. The summed E-state index contributed by atoms with van der Waals surface area (Å²) in [7, 11) is 0. The topological polar surface area (TPSA) is 40.5 Å². The van der Waals surface area contributed by atoms with Crippen molar-refractivity contribution in [3.8, 4) is 0 Å². The zero-order valence-corrected chi connectivity index (χ0v) is 10.4. The van der Waals surface area contributed by atoms with Crippen molar-refractivity contribution in [1.82, 2.24) is 4.90 Å². The van der Waals surface area contributed by atoms with Gasteiger partial charge < -0.3 is 10.0 Å². The van der Waals surface area contributed by atoms with Gasteiger partial charge in [0.1, 0.15) is 0 Å². The number of carbonyl (C=O) groups excluding carboxylic acids is 1. The van der Waals surface area contributed by atoms with Crippen LogP contribution in [0.3, 0.4) is 0 Å². The van der Waals surface area contributed by atoms with E-state index in [2.05, 4.69) is 11.8 Å². The molecule has 3 heteroatoms. The number of ketones is 1. The molecule has 1 aromatic rings. The Balaban J connectivity index is 2.29. The molecule has 1 rings (SSSR count). The van der Waals surface area contributed by atoms with Crippen molar-refractivity contribution in [3.05, 3.63) is 35.9 Å². The van der Waals surface area contributed by atoms with Crippen LogP contribution < -0.4 is 0 Å². The number of hydrogen-bond acceptors (Lipinski definition) is 3. The van der Waals surface area contributed by atoms with Gasteiger partial charge >= 0.3 is 0 Å². The van der Waals surface area contributed by atoms with Crippen LogP contribution in [0.5, 0.6) is 0 Å². The molecule has 0 spiro atoms. The number of aliphatic hydroxyl groups excluding tert-OH is 1. The summed E-state index contributed by atoms with van der Waals surface area (Å²) in [5.41, 5.74) is 0.790. The van der Waals surface area contributed by atoms with Gasteiger partial charge in [0, 0.05) is 18.5 Å². The number of benzene rings is 1. The lowest BCUT2D eigenvalue weighted by molar-refractivity contribution is 0.0973. The fraction of sp³-hybridized carbons (Fsp3) is 0.500. The molecule has 0 amide bonds. The van der Waals surface area contributed by atoms with E-state index in [0.29, 0.717) is 13.0 Å². The minimum absolute atomic E-state index is 0.181. The van der Waals surface area contributed by atoms with Crippen LogP contribution in [-0.4, -0.2) is 42.0 Å². The van der Waals surface area contributed by atoms with Crippen molar-refractivity contribution >= 4 is 5.78 Å². The first kappa shape index (κ1) is 13.9. The average molecular weight is 235 g/mol. The summed E-state index contributed by atoms with van der Waals surface area (Å²) in [6.07, 6.45) is 1.42. The van der Waals surface area contributed by atoms with Crippen LogP contribution in [0.15, 0.2) is 30.3 Å². The molecule has 0 unspecified atom stereocenters. The fourth-order valence-electron chi connectivity index (χ4n) is 1.80. The highest BCUT2D eigenvalue weighted by molar-refractivity contribution is 5.95. The summed E-state index contributed by atoms with van der Waals surface area (Å²) in [6.45, 7) is 4.72. The van der Waals surface area contributed by atoms with E-state index in [1.165, 1.54) is 0 Å². The van der Waals surface area contributed by atoms with Crippen molar-refractivity contribution in [3.63, 3.8) is 0 Å². The standard InChI is InChI=1S/C14H21NO2/c1-2-15(11-12-16)10-6-9-14(17)13-7-4-3-5-8-13/h3-5,7-8,16H,2,6,9-12H2,1H3. The maximum absolute atomic E-state index is 11.8. The molecule has 17 heavy (non-hydrogen) atoms. The van der Waals surface area contributed by atoms with Crippen molar-refractivity contribution in [2.75, 3.05) is 26.2 Å². The SMILES string of the molecule is CCN(CCO)CCCC(=O)c1ccccc1. The van der Waals surface area contributed by atoms with E-state index >= 15 is 0 Å². The minimum Gasteiger partial charge on any atom is -0.395 e. The fourth-order valence-corrected chi connectivity index (χ4v) is 1.80. The monoisotopic (exact) mass is 235 g/mol. The lowest BCUT2D eigenvalue weighted by atomic mass is 10.1. The van der Waals surface area contributed by atoms with Crippen LogP contribution in [0, 0.1) is 0 Å². The normalized spacial score (nSPS) is 10.8. The van der Waals surface area contributed by atoms with E-state index in [-0.39, 0.29) is 12.4 Å². The van der Waals surface area contributed by atoms with Crippen molar-refractivity contribution in [2.24, 2.45) is 0 Å². The number of likely N-dealkylation sites (N-methyl/N-ethyl adjacent to an activating group) is 1. The molecule has 0 aliphatic heterocycles. The smallest absolute Gasteiger partial charge is 0.162 e. The van der Waals surface area contributed by atoms with Gasteiger partial charge in [-0.3, -0.25) is 4.79 Å². The molecule has 1 N–H and O–H groups in total. The summed E-state index contributed by atoms with van der Waals surface area (Å²) >= 11 is 0. The molecule has 0 saturated carbocycles. The molecule has 0 heterocycles. The third-order valence-electron chi connectivity index (χ3n) is 2.84. The number of rotatable bonds is 8. The van der Waals surface area contributed by atoms with Crippen molar-refractivity contribution < 1.29 is 9.90 Å². The minimum atomic E-state index is 0.181. The van der Waals surface area contributed by atoms with E-state index < -0.39 is 0 Å². The number of aliphatic hydroxyl groups is 1. The van der Waals surface area contributed by atoms with Crippen LogP contribution in [0.25, 0.3) is 0 Å². The Bertz CT molecular complexity index is 324. The van der Waals surface area contributed by atoms with Crippen LogP contribution in [0.4, 0.5) is 0 Å². The molecule has 0 aliphatic carbocycles. The number of Topliss-reactive ketones (excluding diaryl/α,β-unsaturated/α-hetero) is 1. The van der Waals surface area contributed by atoms with Crippen LogP contribution in [0.2, 0.25) is 0 Å². The Labute approximate surface area is 103 Å². The first-order valence-electron chi connectivity index (χ1n) is 6.19. The zero-order valence-electron chi connectivity index (χ0n) is 10.4. The van der Waals surface area contributed by atoms with Gasteiger partial charge in [0.25, 0.3) is 0 Å². The van der Waals surface area contributed by atoms with Gasteiger partial charge in [-0.15, -0.1) is 0 Å². The maximum Gasteiger partial charge on any atom is 0.162 e. The second-order valence-corrected chi connectivity index (χ2v) is 4.05. The van der Waals surface area contributed by atoms with E-state index in [1.807, 2.05) is 30.3 Å². The summed E-state index contributed by atoms with van der Waals surface area (Å²) in [4.78, 5) is 14.0. The number of nitrogens with zero attached hydrogens (tertiary/aromatic N) is 1. The molecule has 94 valence electrons. The van der Waals surface area contributed by atoms with Crippen LogP contribution in [-0.2, 0) is 0 Å². The molecule has 0 saturated heterocycles. The maximum atomic E-state index is 11.8. The summed E-state index contributed by atoms with van der Waals surface area (Å²) in [5, 5.41) is 8.85. The highest BCUT2D eigenvalue weighted by Gasteiger charge is 2.06. The second-order valence-electron chi connectivity index (χ2n) is 4.05. The molecule has 0 radical (unpaired) electrons. The molecule has 0 aliphatic rings. The highest BCUT2D eigenvalue weighted by Crippen LogP contribution is 2.05. The van der Waals surface area contributed by atoms with Gasteiger partial charge in [-0.05, 0) is 19.5 Å². The lowest BCUT2D eigenvalue weighted by Gasteiger charge is -2.18. The van der Waals surface area contributed by atoms with Gasteiger partial charge in [-0.25, -0.2) is 0 Å². The van der Waals surface area contributed by atoms with Gasteiger partial charge in [-0.2, -0.15) is 0 Å². The van der Waals surface area contributed by atoms with E-state index in [4.69, 9.17) is 5.11 Å². The zero-order chi connectivity index (χ0) is 12.5. The molecule has 0 bridgehead atoms.